The molecule has 2 aromatic rings. The summed E-state index contributed by atoms with van der Waals surface area (Å²) in [7, 11) is -3.64. The third-order valence-corrected chi connectivity index (χ3v) is 5.60. The van der Waals surface area contributed by atoms with Crippen LogP contribution in [0.1, 0.15) is 0 Å². The first kappa shape index (κ1) is 14.9. The number of anilines is 1. The second-order valence-electron chi connectivity index (χ2n) is 5.05. The van der Waals surface area contributed by atoms with Crippen molar-refractivity contribution in [2.24, 2.45) is 0 Å². The number of hydrogen-bond acceptors (Lipinski definition) is 4. The van der Waals surface area contributed by atoms with Gasteiger partial charge in [0.2, 0.25) is 10.0 Å². The smallest absolute Gasteiger partial charge is 0.243 e. The fourth-order valence-corrected chi connectivity index (χ4v) is 3.97. The molecule has 1 saturated heterocycles. The Hall–Kier alpha value is -1.99. The van der Waals surface area contributed by atoms with Crippen molar-refractivity contribution in [1.82, 2.24) is 9.29 Å². The van der Waals surface area contributed by atoms with Gasteiger partial charge in [-0.25, -0.2) is 12.8 Å². The molecule has 0 N–H and O–H groups in total. The standard InChI is InChI=1S/C15H16FN3O2S/c16-13-2-1-3-15(12-13)22(20,21)19-10-8-18(9-11-19)14-4-6-17-7-5-14/h1-7,12H,8-11H2. The molecule has 0 bridgehead atoms. The number of rotatable bonds is 3. The molecule has 0 unspecified atom stereocenters. The van der Waals surface area contributed by atoms with Crippen molar-refractivity contribution in [1.29, 1.82) is 0 Å². The van der Waals surface area contributed by atoms with Gasteiger partial charge >= 0.3 is 0 Å². The van der Waals surface area contributed by atoms with E-state index < -0.39 is 15.8 Å². The van der Waals surface area contributed by atoms with Crippen LogP contribution < -0.4 is 4.90 Å². The van der Waals surface area contributed by atoms with Crippen molar-refractivity contribution in [3.05, 3.63) is 54.6 Å². The highest BCUT2D eigenvalue weighted by Gasteiger charge is 2.28. The van der Waals surface area contributed by atoms with E-state index in [2.05, 4.69) is 9.88 Å². The number of nitrogens with zero attached hydrogens (tertiary/aromatic N) is 3. The molecule has 0 spiro atoms. The van der Waals surface area contributed by atoms with Crippen LogP contribution in [0.5, 0.6) is 0 Å². The van der Waals surface area contributed by atoms with Gasteiger partial charge < -0.3 is 4.90 Å². The number of sulfonamides is 1. The van der Waals surface area contributed by atoms with Crippen molar-refractivity contribution < 1.29 is 12.8 Å². The van der Waals surface area contributed by atoms with E-state index in [9.17, 15) is 12.8 Å². The van der Waals surface area contributed by atoms with E-state index in [0.717, 1.165) is 11.8 Å². The predicted octanol–water partition coefficient (Wildman–Crippen LogP) is 1.73. The summed E-state index contributed by atoms with van der Waals surface area (Å²) in [5.41, 5.74) is 1.03. The van der Waals surface area contributed by atoms with Crippen molar-refractivity contribution in [3.8, 4) is 0 Å². The molecule has 5 nitrogen and oxygen atoms in total. The Morgan fingerprint density at radius 3 is 2.32 bits per heavy atom. The van der Waals surface area contributed by atoms with Crippen LogP contribution in [0, 0.1) is 5.82 Å². The van der Waals surface area contributed by atoms with Crippen LogP contribution in [-0.2, 0) is 10.0 Å². The highest BCUT2D eigenvalue weighted by atomic mass is 32.2. The molecule has 1 aliphatic heterocycles. The van der Waals surface area contributed by atoms with E-state index in [1.807, 2.05) is 12.1 Å². The third-order valence-electron chi connectivity index (χ3n) is 3.70. The summed E-state index contributed by atoms with van der Waals surface area (Å²) in [5, 5.41) is 0. The van der Waals surface area contributed by atoms with Crippen LogP contribution in [0.15, 0.2) is 53.7 Å². The SMILES string of the molecule is O=S(=O)(c1cccc(F)c1)N1CCN(c2ccncc2)CC1. The summed E-state index contributed by atoms with van der Waals surface area (Å²) in [5.74, 6) is -0.545. The molecule has 1 aliphatic rings. The first-order chi connectivity index (χ1) is 10.6. The summed E-state index contributed by atoms with van der Waals surface area (Å²) >= 11 is 0. The van der Waals surface area contributed by atoms with E-state index in [0.29, 0.717) is 26.2 Å². The number of halogens is 1. The maximum atomic E-state index is 13.3. The molecule has 0 radical (unpaired) electrons. The first-order valence-corrected chi connectivity index (χ1v) is 8.42. The van der Waals surface area contributed by atoms with Crippen molar-refractivity contribution in [2.45, 2.75) is 4.90 Å². The monoisotopic (exact) mass is 321 g/mol. The molecule has 3 rings (SSSR count). The number of benzene rings is 1. The maximum Gasteiger partial charge on any atom is 0.243 e. The fraction of sp³-hybridized carbons (Fsp3) is 0.267. The maximum absolute atomic E-state index is 13.3. The van der Waals surface area contributed by atoms with Gasteiger partial charge in [-0.1, -0.05) is 6.07 Å². The van der Waals surface area contributed by atoms with Gasteiger partial charge in [-0.3, -0.25) is 4.98 Å². The first-order valence-electron chi connectivity index (χ1n) is 6.98. The summed E-state index contributed by atoms with van der Waals surface area (Å²) in [4.78, 5) is 6.09. The quantitative estimate of drug-likeness (QED) is 0.864. The van der Waals surface area contributed by atoms with Gasteiger partial charge in [0.15, 0.2) is 0 Å². The summed E-state index contributed by atoms with van der Waals surface area (Å²) in [6.45, 7) is 1.94. The van der Waals surface area contributed by atoms with Gasteiger partial charge in [0.1, 0.15) is 5.82 Å². The Morgan fingerprint density at radius 2 is 1.68 bits per heavy atom. The molecule has 0 amide bonds. The average Bonchev–Trinajstić information content (AvgIpc) is 2.56. The van der Waals surface area contributed by atoms with E-state index >= 15 is 0 Å². The minimum absolute atomic E-state index is 0.00450. The molecule has 2 heterocycles. The summed E-state index contributed by atoms with van der Waals surface area (Å²) < 4.78 is 39.7. The molecular formula is C15H16FN3O2S. The Labute approximate surface area is 129 Å². The molecular weight excluding hydrogens is 305 g/mol. The van der Waals surface area contributed by atoms with Gasteiger partial charge in [-0.05, 0) is 30.3 Å². The van der Waals surface area contributed by atoms with Crippen molar-refractivity contribution in [3.63, 3.8) is 0 Å². The zero-order chi connectivity index (χ0) is 15.6. The van der Waals surface area contributed by atoms with Crippen molar-refractivity contribution in [2.75, 3.05) is 31.1 Å². The number of pyridine rings is 1. The molecule has 0 atom stereocenters. The summed E-state index contributed by atoms with van der Waals surface area (Å²) in [6, 6.07) is 8.93. The molecule has 0 saturated carbocycles. The lowest BCUT2D eigenvalue weighted by molar-refractivity contribution is 0.384. The minimum Gasteiger partial charge on any atom is -0.369 e. The van der Waals surface area contributed by atoms with Gasteiger partial charge in [-0.2, -0.15) is 4.31 Å². The van der Waals surface area contributed by atoms with Crippen LogP contribution in [0.3, 0.4) is 0 Å². The second kappa shape index (κ2) is 6.02. The lowest BCUT2D eigenvalue weighted by Gasteiger charge is -2.35. The molecule has 1 aromatic heterocycles. The third kappa shape index (κ3) is 2.95. The molecule has 1 fully saturated rings. The molecule has 116 valence electrons. The Balaban J connectivity index is 1.73. The molecule has 22 heavy (non-hydrogen) atoms. The largest absolute Gasteiger partial charge is 0.369 e. The number of piperazine rings is 1. The van der Waals surface area contributed by atoms with Gasteiger partial charge in [0, 0.05) is 44.3 Å². The van der Waals surface area contributed by atoms with E-state index in [-0.39, 0.29) is 4.90 Å². The molecule has 1 aromatic carbocycles. The Kier molecular flexibility index (Phi) is 4.08. The average molecular weight is 321 g/mol. The van der Waals surface area contributed by atoms with Gasteiger partial charge in [0.25, 0.3) is 0 Å². The van der Waals surface area contributed by atoms with Crippen LogP contribution in [0.4, 0.5) is 10.1 Å². The fourth-order valence-electron chi connectivity index (χ4n) is 2.52. The van der Waals surface area contributed by atoms with Gasteiger partial charge in [-0.15, -0.1) is 0 Å². The zero-order valence-corrected chi connectivity index (χ0v) is 12.7. The topological polar surface area (TPSA) is 53.5 Å². The van der Waals surface area contributed by atoms with Crippen LogP contribution in [0.2, 0.25) is 0 Å². The normalized spacial score (nSPS) is 16.7. The highest BCUT2D eigenvalue weighted by Crippen LogP contribution is 2.21. The van der Waals surface area contributed by atoms with Crippen LogP contribution >= 0.6 is 0 Å². The van der Waals surface area contributed by atoms with Crippen LogP contribution in [-0.4, -0.2) is 43.9 Å². The minimum atomic E-state index is -3.64. The van der Waals surface area contributed by atoms with Gasteiger partial charge in [0.05, 0.1) is 4.90 Å². The van der Waals surface area contributed by atoms with E-state index in [4.69, 9.17) is 0 Å². The lowest BCUT2D eigenvalue weighted by atomic mass is 10.3. The van der Waals surface area contributed by atoms with Crippen LogP contribution in [0.25, 0.3) is 0 Å². The highest BCUT2D eigenvalue weighted by molar-refractivity contribution is 7.89. The molecule has 0 aliphatic carbocycles. The Morgan fingerprint density at radius 1 is 1.00 bits per heavy atom. The summed E-state index contributed by atoms with van der Waals surface area (Å²) in [6.07, 6.45) is 3.43. The molecule has 7 heteroatoms. The van der Waals surface area contributed by atoms with E-state index in [1.54, 1.807) is 12.4 Å². The number of hydrogen-bond donors (Lipinski definition) is 0. The van der Waals surface area contributed by atoms with E-state index in [1.165, 1.54) is 22.5 Å². The lowest BCUT2D eigenvalue weighted by Crippen LogP contribution is -2.48. The zero-order valence-electron chi connectivity index (χ0n) is 11.9. The van der Waals surface area contributed by atoms with Crippen molar-refractivity contribution >= 4 is 15.7 Å². The second-order valence-corrected chi connectivity index (χ2v) is 6.99. The number of aromatic nitrogens is 1. The predicted molar refractivity (Wildman–Crippen MR) is 81.6 cm³/mol. The Bertz CT molecular complexity index is 744.